The van der Waals surface area contributed by atoms with Gasteiger partial charge in [-0.1, -0.05) is 13.8 Å². The van der Waals surface area contributed by atoms with Crippen LogP contribution in [0.4, 0.5) is 0 Å². The Hall–Kier alpha value is -1.08. The van der Waals surface area contributed by atoms with E-state index in [-0.39, 0.29) is 16.7 Å². The Bertz CT molecular complexity index is 442. The maximum absolute atomic E-state index is 11.3. The molecule has 1 aliphatic heterocycles. The Kier molecular flexibility index (Phi) is 1.84. The quantitative estimate of drug-likeness (QED) is 0.745. The minimum atomic E-state index is -0.476. The number of rotatable bonds is 1. The molecule has 3 aliphatic rings. The molecule has 4 nitrogen and oxygen atoms in total. The van der Waals surface area contributed by atoms with E-state index in [1.165, 1.54) is 13.3 Å². The van der Waals surface area contributed by atoms with Gasteiger partial charge in [0.15, 0.2) is 0 Å². The minimum Gasteiger partial charge on any atom is -0.288 e. The highest BCUT2D eigenvalue weighted by atomic mass is 16.2. The smallest absolute Gasteiger partial charge is 0.231 e. The molecule has 0 radical (unpaired) electrons. The summed E-state index contributed by atoms with van der Waals surface area (Å²) in [6, 6.07) is 2.53. The summed E-state index contributed by atoms with van der Waals surface area (Å²) in [6.45, 7) is 6.87. The lowest BCUT2D eigenvalue weighted by Crippen LogP contribution is -2.58. The zero-order chi connectivity index (χ0) is 12.5. The molecule has 0 spiro atoms. The highest BCUT2D eigenvalue weighted by molar-refractivity contribution is 5.72. The van der Waals surface area contributed by atoms with Crippen LogP contribution >= 0.6 is 0 Å². The van der Waals surface area contributed by atoms with Gasteiger partial charge >= 0.3 is 0 Å². The third-order valence-corrected chi connectivity index (χ3v) is 6.03. The summed E-state index contributed by atoms with van der Waals surface area (Å²) < 4.78 is 0. The van der Waals surface area contributed by atoms with Crippen molar-refractivity contribution in [3.05, 3.63) is 0 Å². The topological polar surface area (TPSA) is 56.1 Å². The van der Waals surface area contributed by atoms with Gasteiger partial charge in [0.2, 0.25) is 5.91 Å². The molecule has 4 heteroatoms. The first-order valence-electron chi connectivity index (χ1n) is 6.36. The molecule has 1 amide bonds. The van der Waals surface area contributed by atoms with Crippen molar-refractivity contribution in [3.8, 4) is 6.07 Å². The maximum Gasteiger partial charge on any atom is 0.231 e. The molecule has 0 unspecified atom stereocenters. The second-order valence-electron chi connectivity index (χ2n) is 6.42. The molecule has 0 aromatic rings. The average molecular weight is 233 g/mol. The van der Waals surface area contributed by atoms with E-state index in [1.807, 2.05) is 5.01 Å². The summed E-state index contributed by atoms with van der Waals surface area (Å²) in [5.74, 6) is 0.576. The SMILES string of the molecule is CC(=O)NN1C[C@@]2(C)[C@H]3CC[C@@]2(C)[C@@]1(C#N)C3. The van der Waals surface area contributed by atoms with Crippen molar-refractivity contribution < 1.29 is 4.79 Å². The summed E-state index contributed by atoms with van der Waals surface area (Å²) in [6.07, 6.45) is 3.26. The third-order valence-electron chi connectivity index (χ3n) is 6.03. The number of carbonyl (C=O) groups excluding carboxylic acids is 1. The van der Waals surface area contributed by atoms with Crippen LogP contribution in [0, 0.1) is 28.1 Å². The van der Waals surface area contributed by atoms with E-state index in [0.29, 0.717) is 5.92 Å². The van der Waals surface area contributed by atoms with Gasteiger partial charge in [0, 0.05) is 18.9 Å². The van der Waals surface area contributed by atoms with Gasteiger partial charge < -0.3 is 0 Å². The van der Waals surface area contributed by atoms with Gasteiger partial charge in [-0.2, -0.15) is 10.3 Å². The molecular weight excluding hydrogens is 214 g/mol. The highest BCUT2D eigenvalue weighted by Gasteiger charge is 2.78. The molecule has 3 fully saturated rings. The zero-order valence-corrected chi connectivity index (χ0v) is 10.7. The summed E-state index contributed by atoms with van der Waals surface area (Å²) >= 11 is 0. The van der Waals surface area contributed by atoms with Gasteiger partial charge in [-0.25, -0.2) is 0 Å². The molecule has 0 aromatic heterocycles. The number of hydrogen-bond acceptors (Lipinski definition) is 3. The fourth-order valence-electron chi connectivity index (χ4n) is 4.84. The Morgan fingerprint density at radius 3 is 2.76 bits per heavy atom. The van der Waals surface area contributed by atoms with Gasteiger partial charge in [-0.3, -0.25) is 10.2 Å². The molecule has 3 rings (SSSR count). The molecule has 92 valence electrons. The van der Waals surface area contributed by atoms with Crippen molar-refractivity contribution in [1.29, 1.82) is 5.26 Å². The van der Waals surface area contributed by atoms with Crippen LogP contribution in [-0.2, 0) is 4.79 Å². The van der Waals surface area contributed by atoms with Crippen LogP contribution in [0.1, 0.15) is 40.0 Å². The number of nitrogens with zero attached hydrogens (tertiary/aromatic N) is 2. The number of piperidine rings is 1. The number of nitrogens with one attached hydrogen (secondary N) is 1. The van der Waals surface area contributed by atoms with Crippen LogP contribution in [-0.4, -0.2) is 23.0 Å². The Morgan fingerprint density at radius 1 is 1.53 bits per heavy atom. The molecule has 1 saturated heterocycles. The standard InChI is InChI=1S/C13H19N3O/c1-9(17)15-16-8-11(2)10-4-5-12(11,3)13(16,6-10)7-14/h10H,4-6,8H2,1-3H3,(H,15,17)/t10-,11-,12+,13-/m0/s1. The average Bonchev–Trinajstić information content (AvgIpc) is 2.68. The predicted octanol–water partition coefficient (Wildman–Crippen LogP) is 1.44. The number of carbonyl (C=O) groups is 1. The summed E-state index contributed by atoms with van der Waals surface area (Å²) in [5, 5.41) is 11.6. The number of amides is 1. The number of nitriles is 1. The van der Waals surface area contributed by atoms with Gasteiger partial charge in [0.25, 0.3) is 0 Å². The predicted molar refractivity (Wildman–Crippen MR) is 62.4 cm³/mol. The van der Waals surface area contributed by atoms with E-state index in [1.54, 1.807) is 0 Å². The molecule has 2 saturated carbocycles. The summed E-state index contributed by atoms with van der Waals surface area (Å²) in [7, 11) is 0. The lowest BCUT2D eigenvalue weighted by atomic mass is 9.66. The van der Waals surface area contributed by atoms with Crippen LogP contribution in [0.15, 0.2) is 0 Å². The van der Waals surface area contributed by atoms with Crippen LogP contribution in [0.5, 0.6) is 0 Å². The van der Waals surface area contributed by atoms with Gasteiger partial charge in [0.05, 0.1) is 6.07 Å². The van der Waals surface area contributed by atoms with E-state index in [2.05, 4.69) is 25.3 Å². The lowest BCUT2D eigenvalue weighted by molar-refractivity contribution is -0.127. The van der Waals surface area contributed by atoms with Crippen molar-refractivity contribution in [1.82, 2.24) is 10.4 Å². The van der Waals surface area contributed by atoms with Gasteiger partial charge in [0.1, 0.15) is 5.54 Å². The van der Waals surface area contributed by atoms with E-state index in [4.69, 9.17) is 0 Å². The molecule has 0 aromatic carbocycles. The first-order valence-corrected chi connectivity index (χ1v) is 6.36. The van der Waals surface area contributed by atoms with Crippen molar-refractivity contribution in [2.75, 3.05) is 6.54 Å². The monoisotopic (exact) mass is 233 g/mol. The van der Waals surface area contributed by atoms with Crippen molar-refractivity contribution in [2.24, 2.45) is 16.7 Å². The second kappa shape index (κ2) is 2.84. The van der Waals surface area contributed by atoms with Crippen molar-refractivity contribution >= 4 is 5.91 Å². The fourth-order valence-corrected chi connectivity index (χ4v) is 4.84. The third kappa shape index (κ3) is 0.924. The second-order valence-corrected chi connectivity index (χ2v) is 6.42. The first kappa shape index (κ1) is 11.0. The summed E-state index contributed by atoms with van der Waals surface area (Å²) in [5.41, 5.74) is 2.61. The van der Waals surface area contributed by atoms with Crippen LogP contribution in [0.3, 0.4) is 0 Å². The normalized spacial score (nSPS) is 51.5. The van der Waals surface area contributed by atoms with Gasteiger partial charge in [-0.15, -0.1) is 0 Å². The molecule has 4 bridgehead atoms. The lowest BCUT2D eigenvalue weighted by Gasteiger charge is -2.42. The molecule has 1 N–H and O–H groups in total. The van der Waals surface area contributed by atoms with Crippen LogP contribution in [0.25, 0.3) is 0 Å². The zero-order valence-electron chi connectivity index (χ0n) is 10.7. The molecule has 4 atom stereocenters. The Balaban J connectivity index is 2.07. The van der Waals surface area contributed by atoms with E-state index < -0.39 is 5.54 Å². The van der Waals surface area contributed by atoms with E-state index >= 15 is 0 Å². The van der Waals surface area contributed by atoms with Crippen molar-refractivity contribution in [2.45, 2.75) is 45.6 Å². The molecule has 1 heterocycles. The largest absolute Gasteiger partial charge is 0.288 e. The van der Waals surface area contributed by atoms with Crippen LogP contribution < -0.4 is 5.43 Å². The van der Waals surface area contributed by atoms with E-state index in [9.17, 15) is 10.1 Å². The molecule has 2 aliphatic carbocycles. The fraction of sp³-hybridized carbons (Fsp3) is 0.846. The van der Waals surface area contributed by atoms with Crippen LogP contribution in [0.2, 0.25) is 0 Å². The minimum absolute atomic E-state index is 0.0296. The number of hydrogen-bond donors (Lipinski definition) is 1. The maximum atomic E-state index is 11.3. The summed E-state index contributed by atoms with van der Waals surface area (Å²) in [4.78, 5) is 11.3. The van der Waals surface area contributed by atoms with Gasteiger partial charge in [-0.05, 0) is 30.6 Å². The first-order chi connectivity index (χ1) is 7.89. The Morgan fingerprint density at radius 2 is 2.24 bits per heavy atom. The number of hydrazine groups is 1. The Labute approximate surface area is 102 Å². The molecule has 17 heavy (non-hydrogen) atoms. The van der Waals surface area contributed by atoms with Crippen molar-refractivity contribution in [3.63, 3.8) is 0 Å². The van der Waals surface area contributed by atoms with E-state index in [0.717, 1.165) is 19.4 Å². The highest BCUT2D eigenvalue weighted by Crippen LogP contribution is 2.75. The molecular formula is C13H19N3O.